The van der Waals surface area contributed by atoms with Crippen molar-refractivity contribution in [3.63, 3.8) is 0 Å². The molecule has 2 aliphatic heterocycles. The number of likely N-dealkylation sites (tertiary alicyclic amines) is 1. The maximum Gasteiger partial charge on any atom is 0.251 e. The molecule has 2 aliphatic rings. The van der Waals surface area contributed by atoms with Crippen molar-refractivity contribution in [1.82, 2.24) is 10.2 Å². The van der Waals surface area contributed by atoms with Crippen LogP contribution in [0.15, 0.2) is 72.8 Å². The number of carbonyl (C=O) groups is 1. The number of nitrogens with zero attached hydrogens (tertiary/aromatic N) is 1. The van der Waals surface area contributed by atoms with E-state index in [1.807, 2.05) is 54.6 Å². The molecule has 1 spiro atoms. The molecule has 1 saturated heterocycles. The molecule has 2 heterocycles. The van der Waals surface area contributed by atoms with Crippen molar-refractivity contribution >= 4 is 39.9 Å². The van der Waals surface area contributed by atoms with Gasteiger partial charge in [0.15, 0.2) is 0 Å². The Labute approximate surface area is 225 Å². The lowest BCUT2D eigenvalue weighted by Gasteiger charge is -2.39. The second-order valence-electron chi connectivity index (χ2n) is 9.72. The van der Waals surface area contributed by atoms with Crippen LogP contribution in [0.5, 0.6) is 0 Å². The molecule has 36 heavy (non-hydrogen) atoms. The number of halogens is 2. The SMILES string of the molecule is O=C(NCC(CCN1CCC2(CC1)c1ccccc1C[S@]2=O)c1ccc(Cl)c(Cl)c1)c1ccccc1. The van der Waals surface area contributed by atoms with E-state index in [4.69, 9.17) is 23.2 Å². The second kappa shape index (κ2) is 11.1. The largest absolute Gasteiger partial charge is 0.351 e. The van der Waals surface area contributed by atoms with E-state index in [1.165, 1.54) is 11.1 Å². The van der Waals surface area contributed by atoms with Crippen molar-refractivity contribution < 1.29 is 9.00 Å². The van der Waals surface area contributed by atoms with Gasteiger partial charge in [-0.3, -0.25) is 9.00 Å². The molecule has 3 aromatic carbocycles. The summed E-state index contributed by atoms with van der Waals surface area (Å²) in [6, 6.07) is 23.4. The predicted octanol–water partition coefficient (Wildman–Crippen LogP) is 6.15. The maximum absolute atomic E-state index is 13.1. The summed E-state index contributed by atoms with van der Waals surface area (Å²) >= 11 is 12.5. The van der Waals surface area contributed by atoms with E-state index in [0.29, 0.717) is 27.9 Å². The Kier molecular flexibility index (Phi) is 7.82. The van der Waals surface area contributed by atoms with E-state index < -0.39 is 10.8 Å². The zero-order valence-electron chi connectivity index (χ0n) is 20.1. The number of nitrogens with one attached hydrogen (secondary N) is 1. The van der Waals surface area contributed by atoms with E-state index in [2.05, 4.69) is 28.4 Å². The molecule has 2 atom stereocenters. The second-order valence-corrected chi connectivity index (χ2v) is 12.3. The van der Waals surface area contributed by atoms with E-state index >= 15 is 0 Å². The minimum Gasteiger partial charge on any atom is -0.351 e. The number of piperidine rings is 1. The zero-order valence-corrected chi connectivity index (χ0v) is 22.4. The van der Waals surface area contributed by atoms with E-state index in [1.54, 1.807) is 0 Å². The first kappa shape index (κ1) is 25.5. The van der Waals surface area contributed by atoms with E-state index in [0.717, 1.165) is 44.5 Å². The van der Waals surface area contributed by atoms with Gasteiger partial charge in [-0.05, 0) is 79.9 Å². The van der Waals surface area contributed by atoms with Gasteiger partial charge in [0.05, 0.1) is 14.8 Å². The number of rotatable bonds is 7. The number of benzene rings is 3. The summed E-state index contributed by atoms with van der Waals surface area (Å²) in [5, 5.41) is 4.15. The standard InChI is InChI=1S/C29H30Cl2N2O2S/c30-26-11-10-22(18-27(26)31)23(19-32-28(34)21-6-2-1-3-7-21)12-15-33-16-13-29(14-17-33)25-9-5-4-8-24(25)20-36(29)35/h1-11,18,23H,12-17,19-20H2,(H,32,34)/t23?,36-/m1/s1. The van der Waals surface area contributed by atoms with Crippen molar-refractivity contribution in [2.45, 2.75) is 35.7 Å². The van der Waals surface area contributed by atoms with Crippen LogP contribution in [0.4, 0.5) is 0 Å². The van der Waals surface area contributed by atoms with Crippen LogP contribution < -0.4 is 5.32 Å². The fraction of sp³-hybridized carbons (Fsp3) is 0.345. The lowest BCUT2D eigenvalue weighted by molar-refractivity contribution is 0.0949. The molecule has 0 radical (unpaired) electrons. The fourth-order valence-corrected chi connectivity index (χ4v) is 7.73. The van der Waals surface area contributed by atoms with Crippen LogP contribution in [-0.4, -0.2) is 41.2 Å². The summed E-state index contributed by atoms with van der Waals surface area (Å²) in [4.78, 5) is 15.2. The Morgan fingerprint density at radius 3 is 2.44 bits per heavy atom. The molecule has 1 fully saturated rings. The summed E-state index contributed by atoms with van der Waals surface area (Å²) < 4.78 is 12.9. The summed E-state index contributed by atoms with van der Waals surface area (Å²) in [6.07, 6.45) is 2.71. The van der Waals surface area contributed by atoms with Gasteiger partial charge in [-0.1, -0.05) is 71.7 Å². The predicted molar refractivity (Wildman–Crippen MR) is 148 cm³/mol. The van der Waals surface area contributed by atoms with Gasteiger partial charge in [0, 0.05) is 34.6 Å². The van der Waals surface area contributed by atoms with Gasteiger partial charge in [-0.25, -0.2) is 0 Å². The topological polar surface area (TPSA) is 49.4 Å². The smallest absolute Gasteiger partial charge is 0.251 e. The lowest BCUT2D eigenvalue weighted by Crippen LogP contribution is -2.44. The molecule has 1 N–H and O–H groups in total. The zero-order chi connectivity index (χ0) is 25.1. The first-order valence-electron chi connectivity index (χ1n) is 12.4. The first-order valence-corrected chi connectivity index (χ1v) is 14.5. The van der Waals surface area contributed by atoms with Crippen LogP contribution in [0.25, 0.3) is 0 Å². The molecule has 0 aromatic heterocycles. The number of hydrogen-bond donors (Lipinski definition) is 1. The maximum atomic E-state index is 13.1. The van der Waals surface area contributed by atoms with Gasteiger partial charge in [0.2, 0.25) is 0 Å². The van der Waals surface area contributed by atoms with Gasteiger partial charge < -0.3 is 10.2 Å². The molecule has 4 nitrogen and oxygen atoms in total. The Balaban J connectivity index is 1.24. The highest BCUT2D eigenvalue weighted by Crippen LogP contribution is 2.46. The molecular formula is C29H30Cl2N2O2S. The molecule has 0 bridgehead atoms. The Morgan fingerprint density at radius 1 is 0.972 bits per heavy atom. The molecule has 7 heteroatoms. The molecule has 0 saturated carbocycles. The summed E-state index contributed by atoms with van der Waals surface area (Å²) in [7, 11) is -0.855. The van der Waals surface area contributed by atoms with Gasteiger partial charge in [-0.2, -0.15) is 0 Å². The highest BCUT2D eigenvalue weighted by atomic mass is 35.5. The van der Waals surface area contributed by atoms with Crippen molar-refractivity contribution in [3.05, 3.63) is 105 Å². The molecule has 1 amide bonds. The number of carbonyl (C=O) groups excluding carboxylic acids is 1. The molecule has 0 aliphatic carbocycles. The van der Waals surface area contributed by atoms with E-state index in [9.17, 15) is 9.00 Å². The molecule has 188 valence electrons. The third-order valence-electron chi connectivity index (χ3n) is 7.65. The Hall–Kier alpha value is -2.18. The average Bonchev–Trinajstić information content (AvgIpc) is 3.18. The highest BCUT2D eigenvalue weighted by Gasteiger charge is 2.46. The van der Waals surface area contributed by atoms with Crippen LogP contribution in [0, 0.1) is 0 Å². The minimum absolute atomic E-state index is 0.0806. The van der Waals surface area contributed by atoms with Crippen LogP contribution in [-0.2, 0) is 21.3 Å². The highest BCUT2D eigenvalue weighted by molar-refractivity contribution is 7.85. The van der Waals surface area contributed by atoms with Crippen molar-refractivity contribution in [2.75, 3.05) is 26.2 Å². The number of hydrogen-bond acceptors (Lipinski definition) is 3. The number of amides is 1. The van der Waals surface area contributed by atoms with Gasteiger partial charge >= 0.3 is 0 Å². The summed E-state index contributed by atoms with van der Waals surface area (Å²) in [5.74, 6) is 0.698. The monoisotopic (exact) mass is 540 g/mol. The van der Waals surface area contributed by atoms with Crippen molar-refractivity contribution in [1.29, 1.82) is 0 Å². The van der Waals surface area contributed by atoms with Gasteiger partial charge in [0.25, 0.3) is 5.91 Å². The quantitative estimate of drug-likeness (QED) is 0.390. The van der Waals surface area contributed by atoms with Gasteiger partial charge in [-0.15, -0.1) is 0 Å². The van der Waals surface area contributed by atoms with Gasteiger partial charge in [0.1, 0.15) is 0 Å². The molecule has 5 rings (SSSR count). The Bertz CT molecular complexity index is 1260. The summed E-state index contributed by atoms with van der Waals surface area (Å²) in [6.45, 7) is 3.26. The fourth-order valence-electron chi connectivity index (χ4n) is 5.53. The van der Waals surface area contributed by atoms with Crippen molar-refractivity contribution in [2.24, 2.45) is 0 Å². The van der Waals surface area contributed by atoms with Crippen LogP contribution in [0.2, 0.25) is 10.0 Å². The third kappa shape index (κ3) is 5.26. The van der Waals surface area contributed by atoms with Crippen LogP contribution in [0.3, 0.4) is 0 Å². The lowest BCUT2D eigenvalue weighted by atomic mass is 9.86. The first-order chi connectivity index (χ1) is 17.5. The molecule has 1 unspecified atom stereocenters. The average molecular weight is 542 g/mol. The summed E-state index contributed by atoms with van der Waals surface area (Å²) in [5.41, 5.74) is 4.26. The minimum atomic E-state index is -0.855. The molecular weight excluding hydrogens is 511 g/mol. The third-order valence-corrected chi connectivity index (χ3v) is 10.5. The normalized spacial score (nSPS) is 19.7. The Morgan fingerprint density at radius 2 is 1.69 bits per heavy atom. The van der Waals surface area contributed by atoms with Crippen LogP contribution in [0.1, 0.15) is 52.2 Å². The van der Waals surface area contributed by atoms with Crippen LogP contribution >= 0.6 is 23.2 Å². The molecule has 3 aromatic rings. The number of fused-ring (bicyclic) bond motifs is 2. The van der Waals surface area contributed by atoms with Crippen molar-refractivity contribution in [3.8, 4) is 0 Å². The van der Waals surface area contributed by atoms with E-state index in [-0.39, 0.29) is 16.6 Å².